The largest absolute Gasteiger partial charge is 0.496 e. The molecule has 0 aliphatic carbocycles. The molecule has 16 heteroatoms. The number of hydrogen-bond acceptors (Lipinski definition) is 7. The molecular formula is C23H19ClF6N4O5. The second kappa shape index (κ2) is 11.4. The summed E-state index contributed by atoms with van der Waals surface area (Å²) in [5, 5.41) is 3.97. The van der Waals surface area contributed by atoms with Gasteiger partial charge in [-0.2, -0.15) is 31.4 Å². The first-order valence-corrected chi connectivity index (χ1v) is 11.1. The van der Waals surface area contributed by atoms with Gasteiger partial charge in [-0.15, -0.1) is 5.06 Å². The highest BCUT2D eigenvalue weighted by Gasteiger charge is 2.44. The van der Waals surface area contributed by atoms with Gasteiger partial charge in [0.15, 0.2) is 0 Å². The fourth-order valence-corrected chi connectivity index (χ4v) is 3.63. The number of carbonyl (C=O) groups excluding carboxylic acids is 2. The molecule has 0 bridgehead atoms. The van der Waals surface area contributed by atoms with Crippen molar-refractivity contribution < 1.29 is 50.2 Å². The summed E-state index contributed by atoms with van der Waals surface area (Å²) in [5.74, 6) is -4.86. The summed E-state index contributed by atoms with van der Waals surface area (Å²) in [6.07, 6.45) is -9.27. The summed E-state index contributed by atoms with van der Waals surface area (Å²) >= 11 is 6.21. The van der Waals surface area contributed by atoms with Crippen LogP contribution >= 0.6 is 11.6 Å². The summed E-state index contributed by atoms with van der Waals surface area (Å²) < 4.78 is 91.3. The van der Waals surface area contributed by atoms with Crippen LogP contribution in [-0.2, 0) is 22.9 Å². The van der Waals surface area contributed by atoms with Gasteiger partial charge >= 0.3 is 18.3 Å². The normalized spacial score (nSPS) is 11.7. The van der Waals surface area contributed by atoms with Crippen LogP contribution in [0.1, 0.15) is 15.9 Å². The highest BCUT2D eigenvalue weighted by atomic mass is 35.5. The van der Waals surface area contributed by atoms with Crippen LogP contribution in [0.3, 0.4) is 0 Å². The summed E-state index contributed by atoms with van der Waals surface area (Å²) in [5.41, 5.74) is 3.14. The van der Waals surface area contributed by atoms with Gasteiger partial charge < -0.3 is 20.0 Å². The average Bonchev–Trinajstić information content (AvgIpc) is 3.21. The van der Waals surface area contributed by atoms with E-state index in [2.05, 4.69) is 14.7 Å². The Balaban J connectivity index is 2.20. The number of halogens is 7. The number of nitrogens with zero attached hydrogens (tertiary/aromatic N) is 3. The van der Waals surface area contributed by atoms with E-state index in [1.165, 1.54) is 24.0 Å². The smallest absolute Gasteiger partial charge is 0.493 e. The number of amides is 1. The lowest BCUT2D eigenvalue weighted by molar-refractivity contribution is -0.200. The number of rotatable bonds is 7. The lowest BCUT2D eigenvalue weighted by Crippen LogP contribution is -2.39. The van der Waals surface area contributed by atoms with Gasteiger partial charge in [-0.1, -0.05) is 11.6 Å². The number of hydroxylamine groups is 1. The van der Waals surface area contributed by atoms with Crippen LogP contribution in [-0.4, -0.2) is 48.1 Å². The van der Waals surface area contributed by atoms with Gasteiger partial charge in [-0.05, 0) is 36.4 Å². The summed E-state index contributed by atoms with van der Waals surface area (Å²) in [7, 11) is 2.45. The van der Waals surface area contributed by atoms with Gasteiger partial charge in [0.1, 0.15) is 18.1 Å². The third kappa shape index (κ3) is 6.54. The Labute approximate surface area is 221 Å². The molecule has 3 rings (SSSR count). The zero-order chi connectivity index (χ0) is 29.1. The lowest BCUT2D eigenvalue weighted by Gasteiger charge is -2.24. The minimum atomic E-state index is -5.55. The standard InChI is InChI=1S/C23H19ClF6N4O5/c1-33-19(16(24)11-32-33)14-10-13(4-6-17(14)38-8-7-31)34(39-21(36)23(28,29)30)20(35)12-3-5-18(37-2)15(9-12)22(25,26)27/h3-6,9-11H,7-8,31H2,1-2H3. The van der Waals surface area contributed by atoms with Crippen molar-refractivity contribution in [3.05, 3.63) is 58.7 Å². The Kier molecular flexibility index (Phi) is 8.65. The number of alkyl halides is 6. The Morgan fingerprint density at radius 1 is 1.08 bits per heavy atom. The van der Waals surface area contributed by atoms with E-state index in [-0.39, 0.29) is 40.2 Å². The Morgan fingerprint density at radius 3 is 2.28 bits per heavy atom. The maximum Gasteiger partial charge on any atom is 0.493 e. The van der Waals surface area contributed by atoms with Crippen molar-refractivity contribution >= 4 is 29.2 Å². The van der Waals surface area contributed by atoms with E-state index in [1.807, 2.05) is 0 Å². The van der Waals surface area contributed by atoms with Crippen molar-refractivity contribution in [3.63, 3.8) is 0 Å². The van der Waals surface area contributed by atoms with E-state index in [0.29, 0.717) is 6.07 Å². The number of carbonyl (C=O) groups is 2. The predicted molar refractivity (Wildman–Crippen MR) is 125 cm³/mol. The third-order valence-corrected chi connectivity index (χ3v) is 5.34. The number of methoxy groups -OCH3 is 1. The van der Waals surface area contributed by atoms with Gasteiger partial charge in [0.2, 0.25) is 0 Å². The molecule has 0 aliphatic rings. The number of benzene rings is 2. The minimum Gasteiger partial charge on any atom is -0.496 e. The van der Waals surface area contributed by atoms with Crippen molar-refractivity contribution in [2.24, 2.45) is 12.8 Å². The molecule has 2 aromatic carbocycles. The van der Waals surface area contributed by atoms with Gasteiger partial charge in [-0.25, -0.2) is 4.79 Å². The van der Waals surface area contributed by atoms with Crippen LogP contribution in [0.15, 0.2) is 42.6 Å². The minimum absolute atomic E-state index is 0.0135. The molecule has 39 heavy (non-hydrogen) atoms. The predicted octanol–water partition coefficient (Wildman–Crippen LogP) is 4.77. The van der Waals surface area contributed by atoms with E-state index in [1.54, 1.807) is 0 Å². The number of anilines is 1. The van der Waals surface area contributed by atoms with Crippen molar-refractivity contribution in [2.45, 2.75) is 12.4 Å². The quantitative estimate of drug-likeness (QED) is 0.317. The zero-order valence-electron chi connectivity index (χ0n) is 20.1. The SMILES string of the molecule is COc1ccc(C(=O)N(OC(=O)C(F)(F)F)c2ccc(OCCN)c(-c3c(Cl)cnn3C)c2)cc1C(F)(F)F. The molecule has 0 unspecified atom stereocenters. The van der Waals surface area contributed by atoms with E-state index < -0.39 is 46.8 Å². The third-order valence-electron chi connectivity index (χ3n) is 5.06. The fraction of sp³-hybridized carbons (Fsp3) is 0.261. The van der Waals surface area contributed by atoms with Crippen LogP contribution in [0.2, 0.25) is 5.02 Å². The lowest BCUT2D eigenvalue weighted by atomic mass is 10.1. The molecule has 0 saturated carbocycles. The van der Waals surface area contributed by atoms with E-state index in [4.69, 9.17) is 22.1 Å². The maximum atomic E-state index is 13.5. The van der Waals surface area contributed by atoms with E-state index in [9.17, 15) is 35.9 Å². The number of ether oxygens (including phenoxy) is 2. The molecule has 210 valence electrons. The highest BCUT2D eigenvalue weighted by molar-refractivity contribution is 6.33. The Hall–Kier alpha value is -3.98. The summed E-state index contributed by atoms with van der Waals surface area (Å²) in [4.78, 5) is 29.3. The maximum absolute atomic E-state index is 13.5. The van der Waals surface area contributed by atoms with E-state index in [0.717, 1.165) is 31.4 Å². The van der Waals surface area contributed by atoms with Gasteiger partial charge in [0.25, 0.3) is 5.91 Å². The highest BCUT2D eigenvalue weighted by Crippen LogP contribution is 2.39. The first-order chi connectivity index (χ1) is 18.2. The zero-order valence-corrected chi connectivity index (χ0v) is 20.8. The summed E-state index contributed by atoms with van der Waals surface area (Å²) in [6.45, 7) is 0.104. The molecule has 0 fully saturated rings. The van der Waals surface area contributed by atoms with Crippen LogP contribution in [0, 0.1) is 0 Å². The molecule has 1 heterocycles. The van der Waals surface area contributed by atoms with Crippen molar-refractivity contribution in [1.82, 2.24) is 9.78 Å². The fourth-order valence-electron chi connectivity index (χ4n) is 3.36. The topological polar surface area (TPSA) is 109 Å². The van der Waals surface area contributed by atoms with Crippen LogP contribution in [0.4, 0.5) is 32.0 Å². The van der Waals surface area contributed by atoms with Crippen LogP contribution in [0.25, 0.3) is 11.3 Å². The average molecular weight is 581 g/mol. The van der Waals surface area contributed by atoms with E-state index >= 15 is 0 Å². The molecule has 0 spiro atoms. The van der Waals surface area contributed by atoms with Crippen molar-refractivity contribution in [2.75, 3.05) is 25.3 Å². The number of hydrogen-bond donors (Lipinski definition) is 1. The Morgan fingerprint density at radius 2 is 1.74 bits per heavy atom. The molecule has 9 nitrogen and oxygen atoms in total. The molecule has 0 atom stereocenters. The van der Waals surface area contributed by atoms with Crippen molar-refractivity contribution in [3.8, 4) is 22.8 Å². The number of aryl methyl sites for hydroxylation is 1. The second-order valence-corrected chi connectivity index (χ2v) is 8.08. The monoisotopic (exact) mass is 580 g/mol. The van der Waals surface area contributed by atoms with Crippen LogP contribution in [0.5, 0.6) is 11.5 Å². The van der Waals surface area contributed by atoms with Crippen molar-refractivity contribution in [1.29, 1.82) is 0 Å². The first kappa shape index (κ1) is 29.6. The molecule has 2 N–H and O–H groups in total. The number of nitrogens with two attached hydrogens (primary N) is 1. The first-order valence-electron chi connectivity index (χ1n) is 10.7. The molecule has 1 aromatic heterocycles. The van der Waals surface area contributed by atoms with Crippen LogP contribution < -0.4 is 20.3 Å². The summed E-state index contributed by atoms with van der Waals surface area (Å²) in [6, 6.07) is 5.38. The second-order valence-electron chi connectivity index (χ2n) is 7.67. The molecule has 1 amide bonds. The van der Waals surface area contributed by atoms with Gasteiger partial charge in [-0.3, -0.25) is 9.48 Å². The molecule has 0 radical (unpaired) electrons. The number of aromatic nitrogens is 2. The van der Waals surface area contributed by atoms with Gasteiger partial charge in [0.05, 0.1) is 35.3 Å². The molecular weight excluding hydrogens is 562 g/mol. The molecule has 3 aromatic rings. The molecule has 0 aliphatic heterocycles. The Bertz CT molecular complexity index is 1360. The molecule has 0 saturated heterocycles. The van der Waals surface area contributed by atoms with Gasteiger partial charge in [0, 0.05) is 24.7 Å².